The highest BCUT2D eigenvalue weighted by Crippen LogP contribution is 2.36. The van der Waals surface area contributed by atoms with E-state index in [9.17, 15) is 4.79 Å². The summed E-state index contributed by atoms with van der Waals surface area (Å²) < 4.78 is 10.0. The SMILES string of the molecule is CCCCN(C(=O)CN1CC(c2ccc3c(c2)CCO3)C[C@@H]1CCNSC)c1cccc(C[N+](C)(C)C)c1. The number of rotatable bonds is 13. The summed E-state index contributed by atoms with van der Waals surface area (Å²) in [5.41, 5.74) is 5.02. The van der Waals surface area contributed by atoms with E-state index in [0.29, 0.717) is 18.5 Å². The molecule has 1 fully saturated rings. The molecule has 1 amide bonds. The van der Waals surface area contributed by atoms with Crippen molar-refractivity contribution in [3.05, 3.63) is 59.2 Å². The second-order valence-electron chi connectivity index (χ2n) is 11.9. The third-order valence-electron chi connectivity index (χ3n) is 7.69. The van der Waals surface area contributed by atoms with Crippen molar-refractivity contribution in [2.45, 2.75) is 57.5 Å². The number of hydrogen-bond donors (Lipinski definition) is 1. The van der Waals surface area contributed by atoms with Crippen LogP contribution in [0.4, 0.5) is 5.69 Å². The third-order valence-corrected chi connectivity index (χ3v) is 8.18. The highest BCUT2D eigenvalue weighted by molar-refractivity contribution is 7.96. The number of fused-ring (bicyclic) bond motifs is 1. The molecule has 2 aliphatic heterocycles. The van der Waals surface area contributed by atoms with Crippen molar-refractivity contribution in [3.63, 3.8) is 0 Å². The molecule has 1 unspecified atom stereocenters. The van der Waals surface area contributed by atoms with Crippen LogP contribution < -0.4 is 14.4 Å². The van der Waals surface area contributed by atoms with E-state index in [0.717, 1.165) is 80.8 Å². The summed E-state index contributed by atoms with van der Waals surface area (Å²) in [5.74, 6) is 1.70. The molecular weight excluding hydrogens is 492 g/mol. The van der Waals surface area contributed by atoms with Crippen molar-refractivity contribution in [1.82, 2.24) is 9.62 Å². The first kappa shape index (κ1) is 28.9. The number of unbranched alkanes of at least 4 members (excludes halogenated alkanes) is 1. The topological polar surface area (TPSA) is 44.8 Å². The summed E-state index contributed by atoms with van der Waals surface area (Å²) in [6, 6.07) is 15.7. The first-order valence-electron chi connectivity index (χ1n) is 14.2. The van der Waals surface area contributed by atoms with E-state index in [-0.39, 0.29) is 5.91 Å². The average molecular weight is 540 g/mol. The molecular formula is C31H47N4O2S+. The molecule has 0 radical (unpaired) electrons. The van der Waals surface area contributed by atoms with E-state index in [1.807, 2.05) is 4.90 Å². The number of nitrogens with one attached hydrogen (secondary N) is 1. The number of carbonyl (C=O) groups excluding carboxylic acids is 1. The molecule has 38 heavy (non-hydrogen) atoms. The van der Waals surface area contributed by atoms with E-state index >= 15 is 0 Å². The van der Waals surface area contributed by atoms with Crippen LogP contribution >= 0.6 is 11.9 Å². The number of hydrogen-bond acceptors (Lipinski definition) is 5. The van der Waals surface area contributed by atoms with Gasteiger partial charge in [-0.25, -0.2) is 0 Å². The molecule has 208 valence electrons. The zero-order valence-corrected chi connectivity index (χ0v) is 24.9. The van der Waals surface area contributed by atoms with Gasteiger partial charge in [-0.2, -0.15) is 0 Å². The van der Waals surface area contributed by atoms with E-state index in [1.165, 1.54) is 16.7 Å². The van der Waals surface area contributed by atoms with Crippen molar-refractivity contribution >= 4 is 23.5 Å². The Balaban J connectivity index is 1.51. The lowest BCUT2D eigenvalue weighted by atomic mass is 9.93. The zero-order valence-electron chi connectivity index (χ0n) is 24.0. The quantitative estimate of drug-likeness (QED) is 0.219. The molecule has 2 heterocycles. The summed E-state index contributed by atoms with van der Waals surface area (Å²) in [6.07, 6.45) is 7.29. The lowest BCUT2D eigenvalue weighted by Gasteiger charge is -2.29. The summed E-state index contributed by atoms with van der Waals surface area (Å²) in [5, 5.41) is 0. The van der Waals surface area contributed by atoms with Crippen LogP contribution in [0.15, 0.2) is 42.5 Å². The number of amides is 1. The Hall–Kier alpha value is -2.06. The molecule has 6 nitrogen and oxygen atoms in total. The van der Waals surface area contributed by atoms with Crippen LogP contribution in [0.25, 0.3) is 0 Å². The molecule has 2 aromatic carbocycles. The Kier molecular flexibility index (Phi) is 10.2. The molecule has 7 heteroatoms. The van der Waals surface area contributed by atoms with Crippen molar-refractivity contribution in [3.8, 4) is 5.75 Å². The number of anilines is 1. The first-order chi connectivity index (χ1) is 18.3. The summed E-state index contributed by atoms with van der Waals surface area (Å²) in [6.45, 7) is 7.04. The predicted octanol–water partition coefficient (Wildman–Crippen LogP) is 5.08. The molecule has 0 bridgehead atoms. The van der Waals surface area contributed by atoms with Gasteiger partial charge in [-0.15, -0.1) is 0 Å². The lowest BCUT2D eigenvalue weighted by molar-refractivity contribution is -0.884. The maximum atomic E-state index is 13.9. The van der Waals surface area contributed by atoms with Gasteiger partial charge in [0.2, 0.25) is 5.91 Å². The molecule has 0 aromatic heterocycles. The number of quaternary nitrogens is 1. The number of nitrogens with zero attached hydrogens (tertiary/aromatic N) is 3. The van der Waals surface area contributed by atoms with E-state index < -0.39 is 0 Å². The molecule has 1 N–H and O–H groups in total. The van der Waals surface area contributed by atoms with E-state index in [4.69, 9.17) is 4.74 Å². The largest absolute Gasteiger partial charge is 0.493 e. The van der Waals surface area contributed by atoms with E-state index in [2.05, 4.69) is 86.4 Å². The molecule has 0 spiro atoms. The average Bonchev–Trinajstić information content (AvgIpc) is 3.50. The standard InChI is InChI=1S/C31H47N4O2S/c1-6-7-16-34(29-10-8-9-24(18-29)23-35(2,3)4)31(36)22-33-21-27(20-28(33)13-15-32-38-5)25-11-12-30-26(19-25)14-17-37-30/h8-12,18-19,27-28,32H,6-7,13-17,20-23H2,1-5H3/q+1/t27?,28-/m0/s1. The molecule has 0 saturated carbocycles. The lowest BCUT2D eigenvalue weighted by Crippen LogP contribution is -2.43. The second kappa shape index (κ2) is 13.3. The first-order valence-corrected chi connectivity index (χ1v) is 15.4. The Bertz CT molecular complexity index is 1070. The van der Waals surface area contributed by atoms with Gasteiger partial charge >= 0.3 is 0 Å². The summed E-state index contributed by atoms with van der Waals surface area (Å²) in [7, 11) is 6.61. The Morgan fingerprint density at radius 3 is 2.82 bits per heavy atom. The van der Waals surface area contributed by atoms with Crippen LogP contribution in [0.3, 0.4) is 0 Å². The molecule has 4 rings (SSSR count). The van der Waals surface area contributed by atoms with Crippen LogP contribution in [0.2, 0.25) is 0 Å². The van der Waals surface area contributed by atoms with Crippen LogP contribution in [-0.2, 0) is 17.8 Å². The van der Waals surface area contributed by atoms with Gasteiger partial charge in [0.05, 0.1) is 34.3 Å². The third kappa shape index (κ3) is 7.75. The molecule has 2 aromatic rings. The van der Waals surface area contributed by atoms with Gasteiger partial charge in [0.25, 0.3) is 0 Å². The number of likely N-dealkylation sites (tertiary alicyclic amines) is 1. The fraction of sp³-hybridized carbons (Fsp3) is 0.581. The predicted molar refractivity (Wildman–Crippen MR) is 160 cm³/mol. The number of ether oxygens (including phenoxy) is 1. The highest BCUT2D eigenvalue weighted by atomic mass is 32.2. The maximum Gasteiger partial charge on any atom is 0.241 e. The maximum absolute atomic E-state index is 13.9. The van der Waals surface area contributed by atoms with Gasteiger partial charge in [-0.1, -0.05) is 49.6 Å². The van der Waals surface area contributed by atoms with Crippen molar-refractivity contribution < 1.29 is 14.0 Å². The second-order valence-corrected chi connectivity index (χ2v) is 12.6. The zero-order chi connectivity index (χ0) is 27.1. The van der Waals surface area contributed by atoms with Gasteiger partial charge in [-0.05, 0) is 60.8 Å². The van der Waals surface area contributed by atoms with Gasteiger partial charge < -0.3 is 14.1 Å². The number of benzene rings is 2. The van der Waals surface area contributed by atoms with Crippen LogP contribution in [0.5, 0.6) is 5.75 Å². The minimum Gasteiger partial charge on any atom is -0.493 e. The van der Waals surface area contributed by atoms with Crippen molar-refractivity contribution in [1.29, 1.82) is 0 Å². The Labute approximate surface area is 234 Å². The Morgan fingerprint density at radius 1 is 1.21 bits per heavy atom. The molecule has 0 aliphatic carbocycles. The van der Waals surface area contributed by atoms with Crippen molar-refractivity contribution in [2.75, 3.05) is 65.1 Å². The van der Waals surface area contributed by atoms with Crippen LogP contribution in [0, 0.1) is 0 Å². The van der Waals surface area contributed by atoms with Gasteiger partial charge in [0.15, 0.2) is 0 Å². The van der Waals surface area contributed by atoms with Gasteiger partial charge in [-0.3, -0.25) is 14.4 Å². The highest BCUT2D eigenvalue weighted by Gasteiger charge is 2.35. The molecule has 1 saturated heterocycles. The minimum atomic E-state index is 0.215. The Morgan fingerprint density at radius 2 is 2.05 bits per heavy atom. The minimum absolute atomic E-state index is 0.215. The normalized spacial score (nSPS) is 19.4. The van der Waals surface area contributed by atoms with Crippen LogP contribution in [0.1, 0.15) is 55.2 Å². The summed E-state index contributed by atoms with van der Waals surface area (Å²) >= 11 is 1.67. The summed E-state index contributed by atoms with van der Waals surface area (Å²) in [4.78, 5) is 18.4. The van der Waals surface area contributed by atoms with Gasteiger partial charge in [0.1, 0.15) is 12.3 Å². The van der Waals surface area contributed by atoms with E-state index in [1.54, 1.807) is 11.9 Å². The fourth-order valence-electron chi connectivity index (χ4n) is 5.85. The monoisotopic (exact) mass is 539 g/mol. The van der Waals surface area contributed by atoms with Crippen LogP contribution in [-0.4, -0.2) is 81.5 Å². The smallest absolute Gasteiger partial charge is 0.241 e. The number of carbonyl (C=O) groups is 1. The van der Waals surface area contributed by atoms with Gasteiger partial charge in [0, 0.05) is 43.3 Å². The molecule has 2 aliphatic rings. The van der Waals surface area contributed by atoms with Crippen molar-refractivity contribution in [2.24, 2.45) is 0 Å². The molecule has 2 atom stereocenters. The fourth-order valence-corrected chi connectivity index (χ4v) is 6.17.